The van der Waals surface area contributed by atoms with E-state index in [0.717, 1.165) is 36.8 Å². The molecule has 0 bridgehead atoms. The van der Waals surface area contributed by atoms with E-state index in [9.17, 15) is 0 Å². The third kappa shape index (κ3) is 3.02. The second kappa shape index (κ2) is 6.40. The average Bonchev–Trinajstić information content (AvgIpc) is 3.00. The summed E-state index contributed by atoms with van der Waals surface area (Å²) in [6.07, 6.45) is 4.61. The summed E-state index contributed by atoms with van der Waals surface area (Å²) in [6, 6.07) is 6.43. The molecule has 1 saturated carbocycles. The van der Waals surface area contributed by atoms with Crippen molar-refractivity contribution in [3.05, 3.63) is 35.2 Å². The molecule has 5 nitrogen and oxygen atoms in total. The van der Waals surface area contributed by atoms with Crippen LogP contribution >= 0.6 is 0 Å². The van der Waals surface area contributed by atoms with E-state index in [4.69, 9.17) is 0 Å². The molecule has 0 amide bonds. The maximum Gasteiger partial charge on any atom is 0.176 e. The van der Waals surface area contributed by atoms with Gasteiger partial charge in [-0.1, -0.05) is 31.5 Å². The minimum atomic E-state index is -0.109. The van der Waals surface area contributed by atoms with Crippen molar-refractivity contribution in [2.45, 2.75) is 58.9 Å². The Balaban J connectivity index is 2.04. The fourth-order valence-electron chi connectivity index (χ4n) is 3.76. The van der Waals surface area contributed by atoms with Crippen LogP contribution in [-0.2, 0) is 5.54 Å². The van der Waals surface area contributed by atoms with Crippen LogP contribution in [-0.4, -0.2) is 26.8 Å². The minimum Gasteiger partial charge on any atom is -0.305 e. The second-order valence-electron chi connectivity index (χ2n) is 7.00. The van der Waals surface area contributed by atoms with Crippen molar-refractivity contribution in [2.24, 2.45) is 5.92 Å². The largest absolute Gasteiger partial charge is 0.305 e. The lowest BCUT2D eigenvalue weighted by molar-refractivity contribution is 0.185. The first-order chi connectivity index (χ1) is 11.1. The van der Waals surface area contributed by atoms with Crippen molar-refractivity contribution >= 4 is 0 Å². The van der Waals surface area contributed by atoms with Crippen LogP contribution in [0.3, 0.4) is 0 Å². The average molecular weight is 313 g/mol. The van der Waals surface area contributed by atoms with E-state index in [1.807, 2.05) is 4.68 Å². The molecule has 0 unspecified atom stereocenters. The van der Waals surface area contributed by atoms with Crippen molar-refractivity contribution in [1.29, 1.82) is 0 Å². The second-order valence-corrected chi connectivity index (χ2v) is 7.00. The Kier molecular flexibility index (Phi) is 4.48. The molecule has 0 spiro atoms. The Morgan fingerprint density at radius 1 is 1.26 bits per heavy atom. The number of nitrogens with one attached hydrogen (secondary N) is 1. The highest BCUT2D eigenvalue weighted by molar-refractivity contribution is 5.42. The third-order valence-corrected chi connectivity index (χ3v) is 5.12. The van der Waals surface area contributed by atoms with Crippen LogP contribution in [0.15, 0.2) is 18.2 Å². The molecule has 0 saturated heterocycles. The van der Waals surface area contributed by atoms with Crippen LogP contribution in [0, 0.1) is 19.8 Å². The van der Waals surface area contributed by atoms with Gasteiger partial charge in [-0.25, -0.2) is 0 Å². The number of aromatic nitrogens is 4. The van der Waals surface area contributed by atoms with Gasteiger partial charge in [-0.2, -0.15) is 4.68 Å². The highest BCUT2D eigenvalue weighted by atomic mass is 15.6. The van der Waals surface area contributed by atoms with E-state index in [1.54, 1.807) is 0 Å². The summed E-state index contributed by atoms with van der Waals surface area (Å²) in [7, 11) is 0. The first-order valence-corrected chi connectivity index (χ1v) is 8.67. The molecule has 1 N–H and O–H groups in total. The number of aryl methyl sites for hydroxylation is 2. The summed E-state index contributed by atoms with van der Waals surface area (Å²) in [4.78, 5) is 0. The van der Waals surface area contributed by atoms with Gasteiger partial charge in [0.1, 0.15) is 0 Å². The Morgan fingerprint density at radius 3 is 2.65 bits per heavy atom. The van der Waals surface area contributed by atoms with Gasteiger partial charge in [0, 0.05) is 0 Å². The molecule has 1 heterocycles. The van der Waals surface area contributed by atoms with E-state index in [1.165, 1.54) is 24.0 Å². The molecule has 0 atom stereocenters. The van der Waals surface area contributed by atoms with E-state index in [-0.39, 0.29) is 5.54 Å². The zero-order valence-corrected chi connectivity index (χ0v) is 14.6. The Morgan fingerprint density at radius 2 is 2.00 bits per heavy atom. The standard InChI is InChI=1S/C18H27N5/c1-5-19-18(10-8-13(2)9-11-18)17-20-21-22-23(17)16-7-6-14(3)12-15(16)4/h6-7,12-13,19H,5,8-11H2,1-4H3. The monoisotopic (exact) mass is 313 g/mol. The maximum absolute atomic E-state index is 4.43. The highest BCUT2D eigenvalue weighted by Gasteiger charge is 2.40. The molecular weight excluding hydrogens is 286 g/mol. The molecule has 1 aliphatic carbocycles. The maximum atomic E-state index is 4.43. The molecule has 2 aromatic rings. The lowest BCUT2D eigenvalue weighted by Gasteiger charge is -2.39. The van der Waals surface area contributed by atoms with Gasteiger partial charge in [-0.3, -0.25) is 0 Å². The summed E-state index contributed by atoms with van der Waals surface area (Å²) < 4.78 is 1.94. The summed E-state index contributed by atoms with van der Waals surface area (Å²) in [5, 5.41) is 16.5. The fourth-order valence-corrected chi connectivity index (χ4v) is 3.76. The van der Waals surface area contributed by atoms with E-state index in [0.29, 0.717) is 0 Å². The Hall–Kier alpha value is -1.75. The van der Waals surface area contributed by atoms with Gasteiger partial charge in [-0.15, -0.1) is 5.10 Å². The van der Waals surface area contributed by atoms with E-state index < -0.39 is 0 Å². The summed E-state index contributed by atoms with van der Waals surface area (Å²) in [5.41, 5.74) is 3.43. The van der Waals surface area contributed by atoms with Crippen molar-refractivity contribution in [1.82, 2.24) is 25.5 Å². The molecule has 5 heteroatoms. The summed E-state index contributed by atoms with van der Waals surface area (Å²) >= 11 is 0. The van der Waals surface area contributed by atoms with E-state index in [2.05, 4.69) is 66.7 Å². The predicted octanol–water partition coefficient (Wildman–Crippen LogP) is 3.29. The molecule has 0 aliphatic heterocycles. The number of benzene rings is 1. The lowest BCUT2D eigenvalue weighted by atomic mass is 9.76. The van der Waals surface area contributed by atoms with Crippen LogP contribution in [0.1, 0.15) is 56.5 Å². The van der Waals surface area contributed by atoms with Crippen molar-refractivity contribution < 1.29 is 0 Å². The number of hydrogen-bond acceptors (Lipinski definition) is 4. The first-order valence-electron chi connectivity index (χ1n) is 8.67. The molecule has 1 aromatic heterocycles. The van der Waals surface area contributed by atoms with Crippen molar-refractivity contribution in [3.63, 3.8) is 0 Å². The fraction of sp³-hybridized carbons (Fsp3) is 0.611. The minimum absolute atomic E-state index is 0.109. The lowest BCUT2D eigenvalue weighted by Crippen LogP contribution is -2.47. The Bertz CT molecular complexity index is 668. The van der Waals surface area contributed by atoms with Crippen molar-refractivity contribution in [3.8, 4) is 5.69 Å². The molecule has 23 heavy (non-hydrogen) atoms. The molecule has 1 aliphatic rings. The normalized spacial score (nSPS) is 24.8. The van der Waals surface area contributed by atoms with Crippen LogP contribution in [0.4, 0.5) is 0 Å². The van der Waals surface area contributed by atoms with Crippen LogP contribution in [0.2, 0.25) is 0 Å². The van der Waals surface area contributed by atoms with Crippen LogP contribution < -0.4 is 5.32 Å². The van der Waals surface area contributed by atoms with Gasteiger partial charge in [0.2, 0.25) is 0 Å². The van der Waals surface area contributed by atoms with Gasteiger partial charge >= 0.3 is 0 Å². The highest BCUT2D eigenvalue weighted by Crippen LogP contribution is 2.39. The smallest absolute Gasteiger partial charge is 0.176 e. The topological polar surface area (TPSA) is 55.6 Å². The molecule has 0 radical (unpaired) electrons. The van der Waals surface area contributed by atoms with Gasteiger partial charge < -0.3 is 5.32 Å². The first kappa shape index (κ1) is 16.1. The van der Waals surface area contributed by atoms with Crippen LogP contribution in [0.25, 0.3) is 5.69 Å². The summed E-state index contributed by atoms with van der Waals surface area (Å²) in [5.74, 6) is 1.74. The third-order valence-electron chi connectivity index (χ3n) is 5.12. The molecule has 124 valence electrons. The number of nitrogens with zero attached hydrogens (tertiary/aromatic N) is 4. The van der Waals surface area contributed by atoms with Crippen LogP contribution in [0.5, 0.6) is 0 Å². The molecular formula is C18H27N5. The number of hydrogen-bond donors (Lipinski definition) is 1. The zero-order chi connectivity index (χ0) is 16.4. The van der Waals surface area contributed by atoms with Gasteiger partial charge in [0.15, 0.2) is 5.82 Å². The SMILES string of the molecule is CCNC1(c2nnnn2-c2ccc(C)cc2C)CCC(C)CC1. The number of tetrazole rings is 1. The van der Waals surface area contributed by atoms with E-state index >= 15 is 0 Å². The van der Waals surface area contributed by atoms with Crippen molar-refractivity contribution in [2.75, 3.05) is 6.54 Å². The van der Waals surface area contributed by atoms with Gasteiger partial charge in [0.25, 0.3) is 0 Å². The van der Waals surface area contributed by atoms with Gasteiger partial charge in [0.05, 0.1) is 11.2 Å². The zero-order valence-electron chi connectivity index (χ0n) is 14.6. The quantitative estimate of drug-likeness (QED) is 0.941. The molecule has 3 rings (SSSR count). The molecule has 1 fully saturated rings. The van der Waals surface area contributed by atoms with Gasteiger partial charge in [-0.05, 0) is 74.1 Å². The summed E-state index contributed by atoms with van der Waals surface area (Å²) in [6.45, 7) is 9.65. The predicted molar refractivity (Wildman–Crippen MR) is 91.6 cm³/mol. The molecule has 1 aromatic carbocycles. The Labute approximate surface area is 138 Å². The number of rotatable bonds is 4.